The molecule has 10 nitrogen and oxygen atoms in total. The predicted octanol–water partition coefficient (Wildman–Crippen LogP) is 6.48. The number of methoxy groups -OCH3 is 1. The van der Waals surface area contributed by atoms with Crippen LogP contribution in [0.1, 0.15) is 87.5 Å². The fourth-order valence-electron chi connectivity index (χ4n) is 7.47. The van der Waals surface area contributed by atoms with Crippen molar-refractivity contribution in [1.82, 2.24) is 15.2 Å². The monoisotopic (exact) mass is 686 g/mol. The van der Waals surface area contributed by atoms with E-state index in [9.17, 15) is 14.7 Å². The first-order chi connectivity index (χ1) is 23.6. The maximum atomic E-state index is 14.8. The molecule has 0 radical (unpaired) electrons. The van der Waals surface area contributed by atoms with Gasteiger partial charge in [-0.2, -0.15) is 0 Å². The molecule has 2 saturated heterocycles. The first kappa shape index (κ1) is 37.1. The molecule has 270 valence electrons. The number of hydrogen-bond donors (Lipinski definition) is 2. The van der Waals surface area contributed by atoms with E-state index in [1.54, 1.807) is 42.5 Å². The molecule has 2 aromatic carbocycles. The van der Waals surface area contributed by atoms with E-state index in [-0.39, 0.29) is 17.4 Å². The molecule has 3 heterocycles. The van der Waals surface area contributed by atoms with Crippen LogP contribution < -0.4 is 19.7 Å². The van der Waals surface area contributed by atoms with Gasteiger partial charge >= 0.3 is 5.97 Å². The zero-order chi connectivity index (χ0) is 36.4. The second kappa shape index (κ2) is 15.0. The number of anilines is 1. The van der Waals surface area contributed by atoms with Crippen LogP contribution in [0.25, 0.3) is 0 Å². The van der Waals surface area contributed by atoms with Crippen molar-refractivity contribution in [3.8, 4) is 11.5 Å². The standard InChI is InChI=1S/C40H54N4O6/c1-39(2,3)27-14-17-31(48-9)26(23-27)24-42-33-32(40(4,5)6)35(38(46)47)44(34(33)30-11-10-20-41-36(30)43(7)8)37(45)25-12-15-28(16-13-25)50-29-18-21-49-22-19-29/h10-17,20,23,29,32-35,42H,18-19,21-22,24H2,1-9H3,(H,46,47)/t32-,33-,34-,35-/m0/s1. The van der Waals surface area contributed by atoms with E-state index in [0.29, 0.717) is 36.9 Å². The van der Waals surface area contributed by atoms with E-state index in [4.69, 9.17) is 19.2 Å². The van der Waals surface area contributed by atoms with Crippen LogP contribution in [0.15, 0.2) is 60.8 Å². The van der Waals surface area contributed by atoms with E-state index in [1.165, 1.54) is 0 Å². The smallest absolute Gasteiger partial charge is 0.326 e. The number of amides is 1. The second-order valence-electron chi connectivity index (χ2n) is 15.8. The van der Waals surface area contributed by atoms with Crippen molar-refractivity contribution < 1.29 is 28.9 Å². The highest BCUT2D eigenvalue weighted by molar-refractivity contribution is 5.98. The number of carboxylic acid groups (broad SMARTS) is 1. The maximum Gasteiger partial charge on any atom is 0.326 e. The number of aromatic nitrogens is 1. The molecule has 4 atom stereocenters. The van der Waals surface area contributed by atoms with Crippen LogP contribution in [-0.4, -0.2) is 79.5 Å². The molecule has 0 spiro atoms. The Morgan fingerprint density at radius 3 is 2.28 bits per heavy atom. The Morgan fingerprint density at radius 2 is 1.70 bits per heavy atom. The number of hydrogen-bond acceptors (Lipinski definition) is 8. The van der Waals surface area contributed by atoms with Crippen molar-refractivity contribution in [2.45, 2.75) is 90.6 Å². The Bertz CT molecular complexity index is 1640. The Kier molecular flexibility index (Phi) is 11.1. The number of rotatable bonds is 10. The van der Waals surface area contributed by atoms with E-state index in [1.807, 2.05) is 58.0 Å². The van der Waals surface area contributed by atoms with Gasteiger partial charge in [0.05, 0.1) is 26.4 Å². The topological polar surface area (TPSA) is 113 Å². The number of benzene rings is 2. The van der Waals surface area contributed by atoms with Crippen LogP contribution in [0.5, 0.6) is 11.5 Å². The number of nitrogens with one attached hydrogen (secondary N) is 1. The normalized spacial score (nSPS) is 21.6. The van der Waals surface area contributed by atoms with Gasteiger partial charge in [-0.25, -0.2) is 9.78 Å². The van der Waals surface area contributed by atoms with Gasteiger partial charge in [-0.05, 0) is 52.8 Å². The largest absolute Gasteiger partial charge is 0.496 e. The van der Waals surface area contributed by atoms with Gasteiger partial charge in [-0.15, -0.1) is 0 Å². The summed E-state index contributed by atoms with van der Waals surface area (Å²) in [6.45, 7) is 14.4. The molecule has 2 N–H and O–H groups in total. The average Bonchev–Trinajstić information content (AvgIpc) is 3.43. The van der Waals surface area contributed by atoms with Gasteiger partial charge in [0.25, 0.3) is 5.91 Å². The summed E-state index contributed by atoms with van der Waals surface area (Å²) in [5.74, 6) is 0.204. The summed E-state index contributed by atoms with van der Waals surface area (Å²) in [5, 5.41) is 14.8. The summed E-state index contributed by atoms with van der Waals surface area (Å²) in [5.41, 5.74) is 2.71. The average molecular weight is 687 g/mol. The van der Waals surface area contributed by atoms with E-state index in [0.717, 1.165) is 35.3 Å². The Hall–Kier alpha value is -4.15. The maximum absolute atomic E-state index is 14.8. The Labute approximate surface area is 297 Å². The minimum Gasteiger partial charge on any atom is -0.496 e. The summed E-state index contributed by atoms with van der Waals surface area (Å²) in [7, 11) is 5.47. The van der Waals surface area contributed by atoms with Gasteiger partial charge in [0.1, 0.15) is 29.5 Å². The van der Waals surface area contributed by atoms with Gasteiger partial charge < -0.3 is 34.4 Å². The lowest BCUT2D eigenvalue weighted by Crippen LogP contribution is -2.48. The quantitative estimate of drug-likeness (QED) is 0.247. The molecule has 0 saturated carbocycles. The van der Waals surface area contributed by atoms with Crippen LogP contribution in [0.3, 0.4) is 0 Å². The lowest BCUT2D eigenvalue weighted by molar-refractivity contribution is -0.144. The molecule has 2 fully saturated rings. The van der Waals surface area contributed by atoms with Gasteiger partial charge in [-0.1, -0.05) is 59.7 Å². The van der Waals surface area contributed by atoms with Crippen molar-refractivity contribution in [3.05, 3.63) is 83.0 Å². The number of carbonyl (C=O) groups excluding carboxylic acids is 1. The molecule has 2 aliphatic heterocycles. The fraction of sp³-hybridized carbons (Fsp3) is 0.525. The van der Waals surface area contributed by atoms with Gasteiger partial charge in [0.2, 0.25) is 0 Å². The molecular formula is C40H54N4O6. The summed E-state index contributed by atoms with van der Waals surface area (Å²) in [4.78, 5) is 36.4. The predicted molar refractivity (Wildman–Crippen MR) is 195 cm³/mol. The van der Waals surface area contributed by atoms with E-state index < -0.39 is 35.4 Å². The van der Waals surface area contributed by atoms with Crippen LogP contribution >= 0.6 is 0 Å². The first-order valence-electron chi connectivity index (χ1n) is 17.5. The summed E-state index contributed by atoms with van der Waals surface area (Å²) >= 11 is 0. The molecule has 5 rings (SSSR count). The highest BCUT2D eigenvalue weighted by Gasteiger charge is 2.58. The lowest BCUT2D eigenvalue weighted by Gasteiger charge is -2.35. The number of nitrogens with zero attached hydrogens (tertiary/aromatic N) is 3. The number of pyridine rings is 1. The minimum atomic E-state index is -1.12. The molecular weight excluding hydrogens is 632 g/mol. The number of ether oxygens (including phenoxy) is 3. The van der Waals surface area contributed by atoms with Crippen LogP contribution in [0, 0.1) is 11.3 Å². The third-order valence-corrected chi connectivity index (χ3v) is 9.96. The fourth-order valence-corrected chi connectivity index (χ4v) is 7.47. The minimum absolute atomic E-state index is 0.0572. The third kappa shape index (κ3) is 7.92. The molecule has 0 aliphatic carbocycles. The lowest BCUT2D eigenvalue weighted by atomic mass is 9.72. The van der Waals surface area contributed by atoms with Gasteiger partial charge in [-0.3, -0.25) is 4.79 Å². The van der Waals surface area contributed by atoms with Crippen molar-refractivity contribution in [2.24, 2.45) is 11.3 Å². The molecule has 1 aromatic heterocycles. The van der Waals surface area contributed by atoms with Crippen LogP contribution in [0.2, 0.25) is 0 Å². The first-order valence-corrected chi connectivity index (χ1v) is 17.5. The number of likely N-dealkylation sites (tertiary alicyclic amines) is 1. The SMILES string of the molecule is COc1ccc(C(C)(C)C)cc1CN[C@H]1[C@H](C(C)(C)C)[C@@H](C(=O)O)N(C(=O)c2ccc(OC3CCOCC3)cc2)[C@H]1c1cccnc1N(C)C. The van der Waals surface area contributed by atoms with Crippen molar-refractivity contribution in [2.75, 3.05) is 39.3 Å². The molecule has 2 aliphatic rings. The van der Waals surface area contributed by atoms with E-state index >= 15 is 0 Å². The number of carboxylic acids is 1. The van der Waals surface area contributed by atoms with Gasteiger partial charge in [0, 0.05) is 68.3 Å². The zero-order valence-electron chi connectivity index (χ0n) is 31.0. The van der Waals surface area contributed by atoms with E-state index in [2.05, 4.69) is 38.2 Å². The molecule has 10 heteroatoms. The second-order valence-corrected chi connectivity index (χ2v) is 15.8. The molecule has 3 aromatic rings. The van der Waals surface area contributed by atoms with Crippen LogP contribution in [-0.2, 0) is 21.5 Å². The zero-order valence-corrected chi connectivity index (χ0v) is 31.0. The Morgan fingerprint density at radius 1 is 1.02 bits per heavy atom. The molecule has 1 amide bonds. The summed E-state index contributed by atoms with van der Waals surface area (Å²) < 4.78 is 17.4. The highest BCUT2D eigenvalue weighted by atomic mass is 16.5. The highest BCUT2D eigenvalue weighted by Crippen LogP contribution is 2.50. The summed E-state index contributed by atoms with van der Waals surface area (Å²) in [6.07, 6.45) is 3.40. The Balaban J connectivity index is 1.61. The molecule has 50 heavy (non-hydrogen) atoms. The summed E-state index contributed by atoms with van der Waals surface area (Å²) in [6, 6.07) is 14.8. The number of carbonyl (C=O) groups is 2. The van der Waals surface area contributed by atoms with Crippen molar-refractivity contribution in [3.63, 3.8) is 0 Å². The molecule has 0 unspecified atom stereocenters. The van der Waals surface area contributed by atoms with Crippen molar-refractivity contribution >= 4 is 17.7 Å². The van der Waals surface area contributed by atoms with Crippen molar-refractivity contribution in [1.29, 1.82) is 0 Å². The third-order valence-electron chi connectivity index (χ3n) is 9.96. The number of aliphatic carboxylic acids is 1. The van der Waals surface area contributed by atoms with Crippen LogP contribution in [0.4, 0.5) is 5.82 Å². The molecule has 0 bridgehead atoms. The van der Waals surface area contributed by atoms with Gasteiger partial charge in [0.15, 0.2) is 0 Å².